The Labute approximate surface area is 91.1 Å². The van der Waals surface area contributed by atoms with E-state index in [1.165, 1.54) is 12.8 Å². The van der Waals surface area contributed by atoms with Gasteiger partial charge in [-0.2, -0.15) is 5.10 Å². The van der Waals surface area contributed by atoms with Gasteiger partial charge < -0.3 is 5.32 Å². The fourth-order valence-corrected chi connectivity index (χ4v) is 2.67. The van der Waals surface area contributed by atoms with Crippen LogP contribution in [0.5, 0.6) is 0 Å². The second-order valence-electron chi connectivity index (χ2n) is 5.01. The third-order valence-corrected chi connectivity index (χ3v) is 3.51. The average Bonchev–Trinajstić information content (AvgIpc) is 2.76. The first-order valence-corrected chi connectivity index (χ1v) is 5.72. The van der Waals surface area contributed by atoms with Gasteiger partial charge in [-0.25, -0.2) is 9.67 Å². The van der Waals surface area contributed by atoms with Gasteiger partial charge in [0.2, 0.25) is 0 Å². The zero-order chi connectivity index (χ0) is 10.9. The summed E-state index contributed by atoms with van der Waals surface area (Å²) in [6.07, 6.45) is 5.88. The van der Waals surface area contributed by atoms with E-state index in [9.17, 15) is 0 Å². The predicted molar refractivity (Wildman–Crippen MR) is 59.5 cm³/mol. The first kappa shape index (κ1) is 10.6. The molecule has 84 valence electrons. The molecule has 1 saturated carbocycles. The van der Waals surface area contributed by atoms with Gasteiger partial charge in [-0.15, -0.1) is 0 Å². The molecule has 0 bridgehead atoms. The summed E-state index contributed by atoms with van der Waals surface area (Å²) in [5.41, 5.74) is 0.354. The molecule has 2 atom stereocenters. The summed E-state index contributed by atoms with van der Waals surface area (Å²) in [4.78, 5) is 4.03. The Morgan fingerprint density at radius 3 is 2.93 bits per heavy atom. The molecule has 0 saturated heterocycles. The van der Waals surface area contributed by atoms with Crippen molar-refractivity contribution in [2.45, 2.75) is 45.7 Å². The van der Waals surface area contributed by atoms with Crippen molar-refractivity contribution in [3.05, 3.63) is 12.7 Å². The molecule has 1 N–H and O–H groups in total. The Morgan fingerprint density at radius 2 is 2.33 bits per heavy atom. The summed E-state index contributed by atoms with van der Waals surface area (Å²) in [6.45, 7) is 7.83. The lowest BCUT2D eigenvalue weighted by Gasteiger charge is -2.31. The molecule has 15 heavy (non-hydrogen) atoms. The largest absolute Gasteiger partial charge is 0.312 e. The van der Waals surface area contributed by atoms with Crippen LogP contribution < -0.4 is 5.32 Å². The first-order valence-electron chi connectivity index (χ1n) is 5.72. The lowest BCUT2D eigenvalue weighted by molar-refractivity contribution is 0.244. The summed E-state index contributed by atoms with van der Waals surface area (Å²) in [5, 5.41) is 7.85. The Bertz CT molecular complexity index is 304. The summed E-state index contributed by atoms with van der Waals surface area (Å²) < 4.78 is 2.00. The van der Waals surface area contributed by atoms with Gasteiger partial charge >= 0.3 is 0 Å². The molecule has 4 nitrogen and oxygen atoms in total. The number of hydrogen-bond acceptors (Lipinski definition) is 3. The van der Waals surface area contributed by atoms with Crippen LogP contribution >= 0.6 is 0 Å². The molecule has 1 heterocycles. The van der Waals surface area contributed by atoms with Crippen LogP contribution in [-0.2, 0) is 0 Å². The molecule has 0 aliphatic heterocycles. The van der Waals surface area contributed by atoms with E-state index in [0.717, 1.165) is 6.54 Å². The zero-order valence-corrected chi connectivity index (χ0v) is 9.77. The van der Waals surface area contributed by atoms with Crippen LogP contribution in [0.2, 0.25) is 0 Å². The minimum absolute atomic E-state index is 0.354. The van der Waals surface area contributed by atoms with Gasteiger partial charge in [0.25, 0.3) is 0 Å². The number of rotatable bonds is 3. The average molecular weight is 208 g/mol. The van der Waals surface area contributed by atoms with Gasteiger partial charge in [0.15, 0.2) is 0 Å². The van der Waals surface area contributed by atoms with E-state index in [2.05, 4.69) is 36.2 Å². The SMILES string of the molecule is CCNC1C(n2cncn2)CCC1(C)C. The summed E-state index contributed by atoms with van der Waals surface area (Å²) >= 11 is 0. The van der Waals surface area contributed by atoms with E-state index in [1.807, 2.05) is 11.0 Å². The second kappa shape index (κ2) is 3.93. The summed E-state index contributed by atoms with van der Waals surface area (Å²) in [6, 6.07) is 0.964. The van der Waals surface area contributed by atoms with Crippen molar-refractivity contribution in [3.8, 4) is 0 Å². The molecule has 0 radical (unpaired) electrons. The fraction of sp³-hybridized carbons (Fsp3) is 0.818. The van der Waals surface area contributed by atoms with E-state index in [1.54, 1.807) is 6.33 Å². The maximum absolute atomic E-state index is 4.26. The van der Waals surface area contributed by atoms with Gasteiger partial charge in [-0.1, -0.05) is 20.8 Å². The van der Waals surface area contributed by atoms with Crippen LogP contribution in [0, 0.1) is 5.41 Å². The van der Waals surface area contributed by atoms with Gasteiger partial charge in [-0.3, -0.25) is 0 Å². The molecule has 1 aromatic rings. The smallest absolute Gasteiger partial charge is 0.137 e. The molecular weight excluding hydrogens is 188 g/mol. The van der Waals surface area contributed by atoms with Crippen LogP contribution in [0.25, 0.3) is 0 Å². The normalized spacial score (nSPS) is 29.5. The Kier molecular flexibility index (Phi) is 2.78. The van der Waals surface area contributed by atoms with E-state index >= 15 is 0 Å². The summed E-state index contributed by atoms with van der Waals surface area (Å²) in [5.74, 6) is 0. The van der Waals surface area contributed by atoms with Crippen molar-refractivity contribution in [2.75, 3.05) is 6.54 Å². The molecule has 2 unspecified atom stereocenters. The quantitative estimate of drug-likeness (QED) is 0.820. The van der Waals surface area contributed by atoms with E-state index < -0.39 is 0 Å². The Hall–Kier alpha value is -0.900. The standard InChI is InChI=1S/C11H20N4/c1-4-13-10-9(5-6-11(10,2)3)15-8-12-7-14-15/h7-10,13H,4-6H2,1-3H3. The lowest BCUT2D eigenvalue weighted by Crippen LogP contribution is -2.42. The minimum atomic E-state index is 0.354. The van der Waals surface area contributed by atoms with Crippen LogP contribution in [-0.4, -0.2) is 27.4 Å². The Morgan fingerprint density at radius 1 is 1.53 bits per heavy atom. The maximum atomic E-state index is 4.26. The van der Waals surface area contributed by atoms with E-state index in [0.29, 0.717) is 17.5 Å². The molecule has 2 rings (SSSR count). The van der Waals surface area contributed by atoms with Crippen LogP contribution in [0.15, 0.2) is 12.7 Å². The maximum Gasteiger partial charge on any atom is 0.137 e. The number of aromatic nitrogens is 3. The van der Waals surface area contributed by atoms with Crippen LogP contribution in [0.1, 0.15) is 39.7 Å². The van der Waals surface area contributed by atoms with Gasteiger partial charge in [-0.05, 0) is 24.8 Å². The van der Waals surface area contributed by atoms with Crippen molar-refractivity contribution >= 4 is 0 Å². The first-order chi connectivity index (χ1) is 7.15. The van der Waals surface area contributed by atoms with Gasteiger partial charge in [0, 0.05) is 6.04 Å². The molecule has 1 fully saturated rings. The number of likely N-dealkylation sites (N-methyl/N-ethyl adjacent to an activating group) is 1. The zero-order valence-electron chi connectivity index (χ0n) is 9.77. The van der Waals surface area contributed by atoms with E-state index in [4.69, 9.17) is 0 Å². The highest BCUT2D eigenvalue weighted by atomic mass is 15.3. The topological polar surface area (TPSA) is 42.7 Å². The third kappa shape index (κ3) is 1.91. The number of nitrogens with one attached hydrogen (secondary N) is 1. The molecule has 0 amide bonds. The van der Waals surface area contributed by atoms with Crippen molar-refractivity contribution in [1.29, 1.82) is 0 Å². The van der Waals surface area contributed by atoms with Crippen molar-refractivity contribution in [3.63, 3.8) is 0 Å². The molecule has 1 aliphatic carbocycles. The van der Waals surface area contributed by atoms with Gasteiger partial charge in [0.05, 0.1) is 6.04 Å². The summed E-state index contributed by atoms with van der Waals surface area (Å²) in [7, 11) is 0. The van der Waals surface area contributed by atoms with Crippen LogP contribution in [0.4, 0.5) is 0 Å². The monoisotopic (exact) mass is 208 g/mol. The highest BCUT2D eigenvalue weighted by Gasteiger charge is 2.42. The van der Waals surface area contributed by atoms with Crippen molar-refractivity contribution in [1.82, 2.24) is 20.1 Å². The highest BCUT2D eigenvalue weighted by Crippen LogP contribution is 2.43. The van der Waals surface area contributed by atoms with Crippen molar-refractivity contribution in [2.24, 2.45) is 5.41 Å². The molecule has 1 aliphatic rings. The van der Waals surface area contributed by atoms with Gasteiger partial charge in [0.1, 0.15) is 12.7 Å². The van der Waals surface area contributed by atoms with E-state index in [-0.39, 0.29) is 0 Å². The second-order valence-corrected chi connectivity index (χ2v) is 5.01. The predicted octanol–water partition coefficient (Wildman–Crippen LogP) is 1.62. The van der Waals surface area contributed by atoms with Crippen molar-refractivity contribution < 1.29 is 0 Å². The molecule has 1 aromatic heterocycles. The number of hydrogen-bond donors (Lipinski definition) is 1. The number of nitrogens with zero attached hydrogens (tertiary/aromatic N) is 3. The molecule has 4 heteroatoms. The third-order valence-electron chi connectivity index (χ3n) is 3.51. The molecule has 0 spiro atoms. The Balaban J connectivity index is 2.19. The molecular formula is C11H20N4. The molecule has 0 aromatic carbocycles. The highest BCUT2D eigenvalue weighted by molar-refractivity contribution is 4.98. The van der Waals surface area contributed by atoms with Crippen LogP contribution in [0.3, 0.4) is 0 Å². The minimum Gasteiger partial charge on any atom is -0.312 e. The fourth-order valence-electron chi connectivity index (χ4n) is 2.67. The lowest BCUT2D eigenvalue weighted by atomic mass is 9.86.